The number of nitrogens with one attached hydrogen (secondary N) is 2. The summed E-state index contributed by atoms with van der Waals surface area (Å²) in [4.78, 5) is 24.1. The molecule has 0 unspecified atom stereocenters. The van der Waals surface area contributed by atoms with Gasteiger partial charge < -0.3 is 19.3 Å². The van der Waals surface area contributed by atoms with Crippen molar-refractivity contribution >= 4 is 17.8 Å². The van der Waals surface area contributed by atoms with Crippen LogP contribution in [0.3, 0.4) is 0 Å². The molecule has 0 saturated carbocycles. The van der Waals surface area contributed by atoms with Gasteiger partial charge in [0.1, 0.15) is 11.5 Å². The first-order chi connectivity index (χ1) is 12.0. The molecule has 2 aromatic rings. The number of rotatable bonds is 7. The van der Waals surface area contributed by atoms with Gasteiger partial charge in [0.15, 0.2) is 5.82 Å². The number of hydrogen-bond donors (Lipinski definition) is 2. The molecule has 0 aliphatic rings. The molecular weight excluding hydrogens is 326 g/mol. The Morgan fingerprint density at radius 2 is 2.12 bits per heavy atom. The average Bonchev–Trinajstić information content (AvgIpc) is 2.99. The molecule has 2 rings (SSSR count). The third kappa shape index (κ3) is 5.52. The van der Waals surface area contributed by atoms with E-state index < -0.39 is 18.0 Å². The number of hydrogen-bond acceptors (Lipinski definition) is 6. The van der Waals surface area contributed by atoms with Crippen LogP contribution in [0, 0.1) is 6.92 Å². The predicted octanol–water partition coefficient (Wildman–Crippen LogP) is 2.81. The highest BCUT2D eigenvalue weighted by atomic mass is 16.5. The van der Waals surface area contributed by atoms with Crippen molar-refractivity contribution in [1.82, 2.24) is 10.5 Å². The third-order valence-corrected chi connectivity index (χ3v) is 3.35. The minimum Gasteiger partial charge on any atom is -0.497 e. The van der Waals surface area contributed by atoms with Gasteiger partial charge in [0.25, 0.3) is 0 Å². The van der Waals surface area contributed by atoms with Crippen LogP contribution in [-0.4, -0.2) is 30.9 Å². The first kappa shape index (κ1) is 18.3. The normalized spacial score (nSPS) is 11.5. The number of esters is 1. The summed E-state index contributed by atoms with van der Waals surface area (Å²) in [6.45, 7) is 3.72. The second kappa shape index (κ2) is 8.72. The molecule has 25 heavy (non-hydrogen) atoms. The molecule has 2 N–H and O–H groups in total. The molecule has 0 fully saturated rings. The van der Waals surface area contributed by atoms with Gasteiger partial charge in [-0.25, -0.2) is 4.79 Å². The zero-order valence-electron chi connectivity index (χ0n) is 14.4. The number of aryl methyl sites for hydroxylation is 1. The number of nitrogens with zero attached hydrogens (tertiary/aromatic N) is 1. The number of benzene rings is 1. The van der Waals surface area contributed by atoms with Gasteiger partial charge in [-0.05, 0) is 31.5 Å². The SMILES string of the molecule is CCOC(=O)C[C@@H](NC(=O)Nc1cc(C)on1)c1cccc(OC)c1. The van der Waals surface area contributed by atoms with Crippen LogP contribution in [0.4, 0.5) is 10.6 Å². The van der Waals surface area contributed by atoms with Crippen molar-refractivity contribution in [3.05, 3.63) is 41.7 Å². The lowest BCUT2D eigenvalue weighted by Gasteiger charge is -2.19. The summed E-state index contributed by atoms with van der Waals surface area (Å²) >= 11 is 0. The van der Waals surface area contributed by atoms with E-state index >= 15 is 0 Å². The number of urea groups is 1. The molecule has 8 heteroatoms. The van der Waals surface area contributed by atoms with Crippen LogP contribution in [0.5, 0.6) is 5.75 Å². The second-order valence-corrected chi connectivity index (χ2v) is 5.26. The molecule has 0 aliphatic heterocycles. The Hall–Kier alpha value is -3.03. The van der Waals surface area contributed by atoms with Crippen molar-refractivity contribution in [2.24, 2.45) is 0 Å². The van der Waals surface area contributed by atoms with Crippen molar-refractivity contribution in [2.45, 2.75) is 26.3 Å². The van der Waals surface area contributed by atoms with Crippen LogP contribution in [0.1, 0.15) is 30.7 Å². The molecule has 0 radical (unpaired) electrons. The van der Waals surface area contributed by atoms with E-state index in [2.05, 4.69) is 15.8 Å². The molecule has 8 nitrogen and oxygen atoms in total. The van der Waals surface area contributed by atoms with Gasteiger partial charge in [0, 0.05) is 6.07 Å². The molecule has 0 spiro atoms. The van der Waals surface area contributed by atoms with Crippen molar-refractivity contribution < 1.29 is 23.6 Å². The van der Waals surface area contributed by atoms with E-state index in [1.54, 1.807) is 51.3 Å². The van der Waals surface area contributed by atoms with Gasteiger partial charge in [0.2, 0.25) is 0 Å². The zero-order chi connectivity index (χ0) is 18.2. The summed E-state index contributed by atoms with van der Waals surface area (Å²) in [6.07, 6.45) is -0.00767. The van der Waals surface area contributed by atoms with E-state index in [1.165, 1.54) is 0 Å². The van der Waals surface area contributed by atoms with Crippen molar-refractivity contribution in [2.75, 3.05) is 19.0 Å². The van der Waals surface area contributed by atoms with Gasteiger partial charge >= 0.3 is 12.0 Å². The Labute approximate surface area is 145 Å². The van der Waals surface area contributed by atoms with Crippen molar-refractivity contribution in [3.63, 3.8) is 0 Å². The Kier molecular flexibility index (Phi) is 6.39. The first-order valence-electron chi connectivity index (χ1n) is 7.82. The molecule has 1 aromatic heterocycles. The number of anilines is 1. The molecule has 0 bridgehead atoms. The Morgan fingerprint density at radius 1 is 1.32 bits per heavy atom. The van der Waals surface area contributed by atoms with E-state index in [0.717, 1.165) is 5.56 Å². The smallest absolute Gasteiger partial charge is 0.320 e. The zero-order valence-corrected chi connectivity index (χ0v) is 14.4. The summed E-state index contributed by atoms with van der Waals surface area (Å²) in [5.41, 5.74) is 0.721. The largest absolute Gasteiger partial charge is 0.497 e. The summed E-state index contributed by atoms with van der Waals surface area (Å²) in [7, 11) is 1.55. The van der Waals surface area contributed by atoms with Gasteiger partial charge in [-0.2, -0.15) is 0 Å². The number of ether oxygens (including phenoxy) is 2. The van der Waals surface area contributed by atoms with Gasteiger partial charge in [-0.15, -0.1) is 0 Å². The van der Waals surface area contributed by atoms with Crippen LogP contribution in [-0.2, 0) is 9.53 Å². The van der Waals surface area contributed by atoms with E-state index in [4.69, 9.17) is 14.0 Å². The van der Waals surface area contributed by atoms with Crippen molar-refractivity contribution in [1.29, 1.82) is 0 Å². The number of carbonyl (C=O) groups excluding carboxylic acids is 2. The quantitative estimate of drug-likeness (QED) is 0.747. The lowest BCUT2D eigenvalue weighted by Crippen LogP contribution is -2.34. The van der Waals surface area contributed by atoms with E-state index in [1.807, 2.05) is 0 Å². The standard InChI is InChI=1S/C17H21N3O5/c1-4-24-16(21)10-14(12-6-5-7-13(9-12)23-3)18-17(22)19-15-8-11(2)25-20-15/h5-9,14H,4,10H2,1-3H3,(H2,18,19,20,22)/t14-/m1/s1. The van der Waals surface area contributed by atoms with Gasteiger partial charge in [0.05, 0.1) is 26.2 Å². The van der Waals surface area contributed by atoms with Crippen LogP contribution in [0.2, 0.25) is 0 Å². The fraction of sp³-hybridized carbons (Fsp3) is 0.353. The molecule has 0 aliphatic carbocycles. The molecule has 0 saturated heterocycles. The Balaban J connectivity index is 2.12. The maximum atomic E-state index is 12.2. The van der Waals surface area contributed by atoms with Crippen LogP contribution in [0.25, 0.3) is 0 Å². The third-order valence-electron chi connectivity index (χ3n) is 3.35. The summed E-state index contributed by atoms with van der Waals surface area (Å²) in [5, 5.41) is 9.00. The lowest BCUT2D eigenvalue weighted by molar-refractivity contribution is -0.143. The van der Waals surface area contributed by atoms with Crippen molar-refractivity contribution in [3.8, 4) is 5.75 Å². The van der Waals surface area contributed by atoms with E-state index in [9.17, 15) is 9.59 Å². The highest BCUT2D eigenvalue weighted by molar-refractivity contribution is 5.88. The predicted molar refractivity (Wildman–Crippen MR) is 90.4 cm³/mol. The number of aromatic nitrogens is 1. The number of amides is 2. The summed E-state index contributed by atoms with van der Waals surface area (Å²) in [6, 6.07) is 7.62. The maximum absolute atomic E-state index is 12.2. The monoisotopic (exact) mass is 347 g/mol. The minimum atomic E-state index is -0.581. The number of carbonyl (C=O) groups is 2. The molecule has 2 amide bonds. The van der Waals surface area contributed by atoms with Crippen LogP contribution < -0.4 is 15.4 Å². The maximum Gasteiger partial charge on any atom is 0.320 e. The average molecular weight is 347 g/mol. The van der Waals surface area contributed by atoms with Crippen LogP contribution >= 0.6 is 0 Å². The fourth-order valence-corrected chi connectivity index (χ4v) is 2.23. The summed E-state index contributed by atoms with van der Waals surface area (Å²) in [5.74, 6) is 1.08. The second-order valence-electron chi connectivity index (χ2n) is 5.26. The molecule has 1 atom stereocenters. The Morgan fingerprint density at radius 3 is 2.76 bits per heavy atom. The summed E-state index contributed by atoms with van der Waals surface area (Å²) < 4.78 is 15.1. The van der Waals surface area contributed by atoms with Gasteiger partial charge in [-0.1, -0.05) is 17.3 Å². The minimum absolute atomic E-state index is 0.00767. The van der Waals surface area contributed by atoms with E-state index in [0.29, 0.717) is 11.5 Å². The van der Waals surface area contributed by atoms with Crippen LogP contribution in [0.15, 0.2) is 34.9 Å². The topological polar surface area (TPSA) is 103 Å². The molecule has 134 valence electrons. The lowest BCUT2D eigenvalue weighted by atomic mass is 10.0. The highest BCUT2D eigenvalue weighted by Gasteiger charge is 2.20. The fourth-order valence-electron chi connectivity index (χ4n) is 2.23. The molecule has 1 aromatic carbocycles. The van der Waals surface area contributed by atoms with E-state index in [-0.39, 0.29) is 18.8 Å². The first-order valence-corrected chi connectivity index (χ1v) is 7.82. The highest BCUT2D eigenvalue weighted by Crippen LogP contribution is 2.22. The Bertz CT molecular complexity index is 729. The molecule has 1 heterocycles. The number of methoxy groups -OCH3 is 1. The van der Waals surface area contributed by atoms with Gasteiger partial charge in [-0.3, -0.25) is 10.1 Å². The molecular formula is C17H21N3O5.